The first-order chi connectivity index (χ1) is 8.69. The van der Waals surface area contributed by atoms with E-state index in [1.165, 1.54) is 0 Å². The summed E-state index contributed by atoms with van der Waals surface area (Å²) in [5, 5.41) is 14.6. The van der Waals surface area contributed by atoms with E-state index in [2.05, 4.69) is 18.9 Å². The Hall–Kier alpha value is -0.870. The van der Waals surface area contributed by atoms with Crippen molar-refractivity contribution in [3.05, 3.63) is 18.0 Å². The molecule has 1 aromatic heterocycles. The van der Waals surface area contributed by atoms with Crippen LogP contribution < -0.4 is 0 Å². The third-order valence-corrected chi connectivity index (χ3v) is 3.78. The fourth-order valence-electron chi connectivity index (χ4n) is 2.40. The monoisotopic (exact) mass is 252 g/mol. The predicted molar refractivity (Wildman–Crippen MR) is 70.5 cm³/mol. The van der Waals surface area contributed by atoms with E-state index in [1.807, 2.05) is 16.9 Å². The van der Waals surface area contributed by atoms with Crippen LogP contribution in [0.15, 0.2) is 12.3 Å². The molecule has 2 heterocycles. The number of rotatable bonds is 6. The second-order valence-electron chi connectivity index (χ2n) is 5.37. The van der Waals surface area contributed by atoms with Gasteiger partial charge >= 0.3 is 0 Å². The average molecular weight is 252 g/mol. The molecule has 0 amide bonds. The molecule has 2 rings (SSSR count). The van der Waals surface area contributed by atoms with Crippen molar-refractivity contribution in [1.82, 2.24) is 9.78 Å². The van der Waals surface area contributed by atoms with Crippen LogP contribution in [0.5, 0.6) is 0 Å². The molecule has 3 atom stereocenters. The quantitative estimate of drug-likeness (QED) is 0.844. The predicted octanol–water partition coefficient (Wildman–Crippen LogP) is 2.18. The molecule has 1 N–H and O–H groups in total. The maximum atomic E-state index is 10.1. The molecule has 0 spiro atoms. The van der Waals surface area contributed by atoms with Gasteiger partial charge in [-0.25, -0.2) is 0 Å². The zero-order valence-corrected chi connectivity index (χ0v) is 11.4. The first-order valence-corrected chi connectivity index (χ1v) is 6.99. The third-order valence-electron chi connectivity index (χ3n) is 3.78. The minimum absolute atomic E-state index is 0.294. The summed E-state index contributed by atoms with van der Waals surface area (Å²) >= 11 is 0. The summed E-state index contributed by atoms with van der Waals surface area (Å²) in [5.41, 5.74) is 0.988. The molecule has 1 fully saturated rings. The SMILES string of the molecule is CCC(C)n1ccc(CC(O)CC2CCOC2)n1. The first kappa shape index (κ1) is 13.6. The Morgan fingerprint density at radius 1 is 1.61 bits per heavy atom. The van der Waals surface area contributed by atoms with Crippen molar-refractivity contribution in [2.24, 2.45) is 5.92 Å². The Kier molecular flexibility index (Phi) is 4.78. The maximum Gasteiger partial charge on any atom is 0.0650 e. The van der Waals surface area contributed by atoms with Gasteiger partial charge in [0.2, 0.25) is 0 Å². The minimum atomic E-state index is -0.294. The van der Waals surface area contributed by atoms with Gasteiger partial charge in [0, 0.05) is 31.9 Å². The molecule has 1 aromatic rings. The lowest BCUT2D eigenvalue weighted by molar-refractivity contribution is 0.128. The highest BCUT2D eigenvalue weighted by Gasteiger charge is 2.20. The minimum Gasteiger partial charge on any atom is -0.393 e. The Balaban J connectivity index is 1.82. The van der Waals surface area contributed by atoms with Crippen LogP contribution in [0.25, 0.3) is 0 Å². The molecular weight excluding hydrogens is 228 g/mol. The number of hydrogen-bond donors (Lipinski definition) is 1. The molecule has 102 valence electrons. The Bertz CT molecular complexity index is 358. The number of aliphatic hydroxyl groups excluding tert-OH is 1. The highest BCUT2D eigenvalue weighted by atomic mass is 16.5. The normalized spacial score (nSPS) is 23.2. The van der Waals surface area contributed by atoms with Crippen LogP contribution in [0.4, 0.5) is 0 Å². The van der Waals surface area contributed by atoms with Gasteiger partial charge in [0.15, 0.2) is 0 Å². The molecule has 1 saturated heterocycles. The summed E-state index contributed by atoms with van der Waals surface area (Å²) in [6.45, 7) is 5.96. The summed E-state index contributed by atoms with van der Waals surface area (Å²) in [4.78, 5) is 0. The van der Waals surface area contributed by atoms with E-state index in [0.29, 0.717) is 18.4 Å². The van der Waals surface area contributed by atoms with Crippen LogP contribution >= 0.6 is 0 Å². The summed E-state index contributed by atoms with van der Waals surface area (Å²) in [5.74, 6) is 0.525. The van der Waals surface area contributed by atoms with Crippen molar-refractivity contribution in [1.29, 1.82) is 0 Å². The Morgan fingerprint density at radius 2 is 2.44 bits per heavy atom. The summed E-state index contributed by atoms with van der Waals surface area (Å²) < 4.78 is 7.31. The Labute approximate surface area is 109 Å². The van der Waals surface area contributed by atoms with Crippen LogP contribution in [0, 0.1) is 5.92 Å². The highest BCUT2D eigenvalue weighted by Crippen LogP contribution is 2.20. The van der Waals surface area contributed by atoms with E-state index in [4.69, 9.17) is 4.74 Å². The molecule has 1 aliphatic rings. The third kappa shape index (κ3) is 3.56. The van der Waals surface area contributed by atoms with Crippen LogP contribution in [0.2, 0.25) is 0 Å². The van der Waals surface area contributed by atoms with Crippen molar-refractivity contribution in [3.8, 4) is 0 Å². The van der Waals surface area contributed by atoms with E-state index in [-0.39, 0.29) is 6.10 Å². The standard InChI is InChI=1S/C14H24N2O2/c1-3-11(2)16-6-4-13(15-16)9-14(17)8-12-5-7-18-10-12/h4,6,11-12,14,17H,3,5,7-10H2,1-2H3. The molecule has 18 heavy (non-hydrogen) atoms. The van der Waals surface area contributed by atoms with Gasteiger partial charge in [-0.3, -0.25) is 4.68 Å². The molecule has 0 radical (unpaired) electrons. The van der Waals surface area contributed by atoms with Gasteiger partial charge in [0.25, 0.3) is 0 Å². The van der Waals surface area contributed by atoms with Crippen molar-refractivity contribution in [3.63, 3.8) is 0 Å². The molecule has 3 unspecified atom stereocenters. The second-order valence-corrected chi connectivity index (χ2v) is 5.37. The van der Waals surface area contributed by atoms with Crippen LogP contribution in [0.3, 0.4) is 0 Å². The van der Waals surface area contributed by atoms with Crippen molar-refractivity contribution in [2.75, 3.05) is 13.2 Å². The van der Waals surface area contributed by atoms with E-state index in [0.717, 1.165) is 38.2 Å². The van der Waals surface area contributed by atoms with Gasteiger partial charge < -0.3 is 9.84 Å². The van der Waals surface area contributed by atoms with Crippen molar-refractivity contribution >= 4 is 0 Å². The molecule has 0 saturated carbocycles. The number of hydrogen-bond acceptors (Lipinski definition) is 3. The number of ether oxygens (including phenoxy) is 1. The first-order valence-electron chi connectivity index (χ1n) is 6.99. The molecule has 1 aliphatic heterocycles. The Morgan fingerprint density at radius 3 is 3.11 bits per heavy atom. The largest absolute Gasteiger partial charge is 0.393 e. The fraction of sp³-hybridized carbons (Fsp3) is 0.786. The summed E-state index contributed by atoms with van der Waals surface area (Å²) in [6.07, 6.45) is 5.35. The van der Waals surface area contributed by atoms with Crippen LogP contribution in [-0.2, 0) is 11.2 Å². The summed E-state index contributed by atoms with van der Waals surface area (Å²) in [7, 11) is 0. The van der Waals surface area contributed by atoms with Gasteiger partial charge in [0.05, 0.1) is 11.8 Å². The van der Waals surface area contributed by atoms with Gasteiger partial charge in [-0.1, -0.05) is 6.92 Å². The number of aliphatic hydroxyl groups is 1. The van der Waals surface area contributed by atoms with E-state index >= 15 is 0 Å². The van der Waals surface area contributed by atoms with Crippen molar-refractivity contribution in [2.45, 2.75) is 51.7 Å². The smallest absolute Gasteiger partial charge is 0.0650 e. The second kappa shape index (κ2) is 6.34. The number of aromatic nitrogens is 2. The highest BCUT2D eigenvalue weighted by molar-refractivity contribution is 5.01. The summed E-state index contributed by atoms with van der Waals surface area (Å²) in [6, 6.07) is 2.44. The molecule has 0 aromatic carbocycles. The average Bonchev–Trinajstić information content (AvgIpc) is 2.99. The van der Waals surface area contributed by atoms with Crippen LogP contribution in [-0.4, -0.2) is 34.2 Å². The van der Waals surface area contributed by atoms with E-state index < -0.39 is 0 Å². The zero-order chi connectivity index (χ0) is 13.0. The lowest BCUT2D eigenvalue weighted by Crippen LogP contribution is -2.17. The van der Waals surface area contributed by atoms with Crippen molar-refractivity contribution < 1.29 is 9.84 Å². The van der Waals surface area contributed by atoms with Crippen LogP contribution in [0.1, 0.15) is 44.8 Å². The molecule has 4 heteroatoms. The molecule has 0 bridgehead atoms. The number of nitrogens with zero attached hydrogens (tertiary/aromatic N) is 2. The molecule has 4 nitrogen and oxygen atoms in total. The van der Waals surface area contributed by atoms with Gasteiger partial charge in [0.1, 0.15) is 0 Å². The molecular formula is C14H24N2O2. The molecule has 0 aliphatic carbocycles. The zero-order valence-electron chi connectivity index (χ0n) is 11.4. The van der Waals surface area contributed by atoms with Gasteiger partial charge in [-0.2, -0.15) is 5.10 Å². The lowest BCUT2D eigenvalue weighted by Gasteiger charge is -2.13. The van der Waals surface area contributed by atoms with Gasteiger partial charge in [-0.15, -0.1) is 0 Å². The lowest BCUT2D eigenvalue weighted by atomic mass is 9.98. The van der Waals surface area contributed by atoms with Gasteiger partial charge in [-0.05, 0) is 38.2 Å². The fourth-order valence-corrected chi connectivity index (χ4v) is 2.40. The topological polar surface area (TPSA) is 47.3 Å². The van der Waals surface area contributed by atoms with E-state index in [9.17, 15) is 5.11 Å². The maximum absolute atomic E-state index is 10.1. The van der Waals surface area contributed by atoms with E-state index in [1.54, 1.807) is 0 Å².